The predicted molar refractivity (Wildman–Crippen MR) is 95.0 cm³/mol. The van der Waals surface area contributed by atoms with Crippen molar-refractivity contribution in [2.75, 3.05) is 0 Å². The Morgan fingerprint density at radius 1 is 1.23 bits per heavy atom. The van der Waals surface area contributed by atoms with Gasteiger partial charge in [-0.2, -0.15) is 0 Å². The molecule has 110 valence electrons. The molecule has 4 rings (SSSR count). The number of pyridine rings is 2. The Morgan fingerprint density at radius 3 is 2.86 bits per heavy atom. The van der Waals surface area contributed by atoms with Crippen molar-refractivity contribution >= 4 is 45.0 Å². The number of rotatable bonds is 1. The van der Waals surface area contributed by atoms with Crippen LogP contribution in [0.25, 0.3) is 10.8 Å². The van der Waals surface area contributed by atoms with Crippen molar-refractivity contribution < 1.29 is 5.11 Å². The molecule has 0 fully saturated rings. The smallest absolute Gasteiger partial charge is 0.129 e. The third-order valence-electron chi connectivity index (χ3n) is 4.37. The summed E-state index contributed by atoms with van der Waals surface area (Å²) in [5.74, 6) is 0. The molecule has 2 aromatic heterocycles. The van der Waals surface area contributed by atoms with Gasteiger partial charge < -0.3 is 5.11 Å². The minimum atomic E-state index is -0.975. The molecule has 0 aliphatic heterocycles. The van der Waals surface area contributed by atoms with Gasteiger partial charge in [0.25, 0.3) is 0 Å². The molecule has 1 aliphatic rings. The fourth-order valence-corrected chi connectivity index (χ4v) is 4.21. The van der Waals surface area contributed by atoms with E-state index >= 15 is 0 Å². The highest BCUT2D eigenvalue weighted by Gasteiger charge is 2.39. The van der Waals surface area contributed by atoms with Crippen LogP contribution in [-0.2, 0) is 12.0 Å². The summed E-state index contributed by atoms with van der Waals surface area (Å²) in [4.78, 5) is 8.37. The van der Waals surface area contributed by atoms with E-state index in [2.05, 4.69) is 38.6 Å². The second-order valence-electron chi connectivity index (χ2n) is 5.54. The first kappa shape index (κ1) is 14.4. The Kier molecular flexibility index (Phi) is 3.36. The lowest BCUT2D eigenvalue weighted by Crippen LogP contribution is -2.24. The van der Waals surface area contributed by atoms with Gasteiger partial charge in [-0.1, -0.05) is 17.7 Å². The summed E-state index contributed by atoms with van der Waals surface area (Å²) in [6.45, 7) is 0. The molecule has 0 spiro atoms. The summed E-state index contributed by atoms with van der Waals surface area (Å²) in [5, 5.41) is 13.9. The number of nitrogens with zero attached hydrogens (tertiary/aromatic N) is 2. The summed E-state index contributed by atoms with van der Waals surface area (Å²) in [7, 11) is 0. The van der Waals surface area contributed by atoms with Crippen molar-refractivity contribution in [1.29, 1.82) is 0 Å². The van der Waals surface area contributed by atoms with E-state index in [-0.39, 0.29) is 0 Å². The number of hydrogen-bond acceptors (Lipinski definition) is 3. The number of aliphatic hydroxyl groups is 1. The minimum absolute atomic E-state index is 0.492. The Morgan fingerprint density at radius 2 is 2.09 bits per heavy atom. The number of halogens is 2. The van der Waals surface area contributed by atoms with Gasteiger partial charge in [0.05, 0.1) is 0 Å². The second kappa shape index (κ2) is 5.15. The molecule has 3 nitrogen and oxygen atoms in total. The fraction of sp³-hybridized carbons (Fsp3) is 0.176. The largest absolute Gasteiger partial charge is 0.380 e. The van der Waals surface area contributed by atoms with Gasteiger partial charge in [0.15, 0.2) is 0 Å². The normalized spacial score (nSPS) is 20.3. The van der Waals surface area contributed by atoms with Crippen LogP contribution >= 0.6 is 34.2 Å². The zero-order valence-corrected chi connectivity index (χ0v) is 14.5. The van der Waals surface area contributed by atoms with E-state index < -0.39 is 5.60 Å². The van der Waals surface area contributed by atoms with Crippen LogP contribution < -0.4 is 0 Å². The predicted octanol–water partition coefficient (Wildman–Crippen LogP) is 4.07. The summed E-state index contributed by atoms with van der Waals surface area (Å²) >= 11 is 8.31. The second-order valence-corrected chi connectivity index (χ2v) is 7.09. The molecule has 1 aromatic carbocycles. The topological polar surface area (TPSA) is 46.0 Å². The van der Waals surface area contributed by atoms with Gasteiger partial charge in [-0.3, -0.25) is 4.98 Å². The van der Waals surface area contributed by atoms with Crippen molar-refractivity contribution in [2.45, 2.75) is 18.4 Å². The van der Waals surface area contributed by atoms with Crippen LogP contribution in [0.5, 0.6) is 0 Å². The fourth-order valence-electron chi connectivity index (χ4n) is 3.29. The number of aryl methyl sites for hydroxylation is 1. The monoisotopic (exact) mass is 422 g/mol. The molecule has 0 amide bonds. The van der Waals surface area contributed by atoms with E-state index in [9.17, 15) is 5.11 Å². The molecule has 1 atom stereocenters. The van der Waals surface area contributed by atoms with Crippen molar-refractivity contribution in [1.82, 2.24) is 9.97 Å². The van der Waals surface area contributed by atoms with E-state index in [4.69, 9.17) is 11.6 Å². The van der Waals surface area contributed by atoms with Gasteiger partial charge in [0.2, 0.25) is 0 Å². The molecule has 0 bridgehead atoms. The molecule has 1 unspecified atom stereocenters. The zero-order chi connectivity index (χ0) is 15.3. The summed E-state index contributed by atoms with van der Waals surface area (Å²) in [5.41, 5.74) is 1.98. The molecule has 0 saturated carbocycles. The molecule has 0 radical (unpaired) electrons. The van der Waals surface area contributed by atoms with E-state index in [1.165, 1.54) is 0 Å². The molecule has 5 heteroatoms. The number of aromatic nitrogens is 2. The van der Waals surface area contributed by atoms with Gasteiger partial charge in [-0.25, -0.2) is 4.98 Å². The van der Waals surface area contributed by atoms with Crippen molar-refractivity contribution in [3.05, 3.63) is 68.3 Å². The van der Waals surface area contributed by atoms with Crippen LogP contribution in [0.3, 0.4) is 0 Å². The van der Waals surface area contributed by atoms with Crippen LogP contribution in [0.1, 0.15) is 23.1 Å². The zero-order valence-electron chi connectivity index (χ0n) is 11.6. The first-order chi connectivity index (χ1) is 10.6. The van der Waals surface area contributed by atoms with Crippen LogP contribution in [0.2, 0.25) is 5.15 Å². The molecular weight excluding hydrogens is 411 g/mol. The maximum Gasteiger partial charge on any atom is 0.129 e. The standard InChI is InChI=1S/C17H12ClIN2O/c18-16-6-12-13(9-21-16)11-3-4-17(22,14(11)7-15(12)19)10-2-1-5-20-8-10/h1-2,5-9,22H,3-4H2. The molecule has 2 heterocycles. The molecule has 1 aliphatic carbocycles. The Hall–Kier alpha value is -1.24. The quantitative estimate of drug-likeness (QED) is 0.475. The van der Waals surface area contributed by atoms with Crippen LogP contribution in [-0.4, -0.2) is 15.1 Å². The molecule has 3 aromatic rings. The highest BCUT2D eigenvalue weighted by atomic mass is 127. The van der Waals surface area contributed by atoms with E-state index in [0.717, 1.165) is 37.5 Å². The average Bonchev–Trinajstić information content (AvgIpc) is 2.87. The summed E-state index contributed by atoms with van der Waals surface area (Å²) in [6, 6.07) is 7.74. The SMILES string of the molecule is OC1(c2cccnc2)CCc2c1cc(I)c1cc(Cl)ncc21. The third-order valence-corrected chi connectivity index (χ3v) is 5.47. The Labute approximate surface area is 146 Å². The average molecular weight is 423 g/mol. The first-order valence-electron chi connectivity index (χ1n) is 6.99. The highest BCUT2D eigenvalue weighted by Crippen LogP contribution is 2.45. The summed E-state index contributed by atoms with van der Waals surface area (Å²) < 4.78 is 1.07. The lowest BCUT2D eigenvalue weighted by molar-refractivity contribution is 0.0825. The van der Waals surface area contributed by atoms with Gasteiger partial charge in [-0.05, 0) is 70.1 Å². The maximum absolute atomic E-state index is 11.3. The number of hydrogen-bond donors (Lipinski definition) is 1. The van der Waals surface area contributed by atoms with Gasteiger partial charge in [0.1, 0.15) is 10.8 Å². The van der Waals surface area contributed by atoms with E-state index in [0.29, 0.717) is 11.6 Å². The lowest BCUT2D eigenvalue weighted by Gasteiger charge is -2.24. The van der Waals surface area contributed by atoms with E-state index in [1.807, 2.05) is 24.4 Å². The van der Waals surface area contributed by atoms with Crippen molar-refractivity contribution in [3.63, 3.8) is 0 Å². The first-order valence-corrected chi connectivity index (χ1v) is 8.45. The molecule has 0 saturated heterocycles. The van der Waals surface area contributed by atoms with Crippen molar-refractivity contribution in [2.24, 2.45) is 0 Å². The molecule has 1 N–H and O–H groups in total. The van der Waals surface area contributed by atoms with Crippen LogP contribution in [0, 0.1) is 3.57 Å². The third kappa shape index (κ3) is 2.05. The lowest BCUT2D eigenvalue weighted by atomic mass is 9.88. The van der Waals surface area contributed by atoms with Gasteiger partial charge >= 0.3 is 0 Å². The number of benzene rings is 1. The van der Waals surface area contributed by atoms with Gasteiger partial charge in [0, 0.05) is 33.1 Å². The Bertz CT molecular complexity index is 885. The highest BCUT2D eigenvalue weighted by molar-refractivity contribution is 14.1. The van der Waals surface area contributed by atoms with Crippen LogP contribution in [0.15, 0.2) is 42.9 Å². The molecule has 22 heavy (non-hydrogen) atoms. The molecular formula is C17H12ClIN2O. The summed E-state index contributed by atoms with van der Waals surface area (Å²) in [6.07, 6.45) is 6.75. The number of fused-ring (bicyclic) bond motifs is 3. The van der Waals surface area contributed by atoms with Crippen LogP contribution in [0.4, 0.5) is 0 Å². The van der Waals surface area contributed by atoms with Crippen molar-refractivity contribution in [3.8, 4) is 0 Å². The Balaban J connectivity index is 2.00. The van der Waals surface area contributed by atoms with E-state index in [1.54, 1.807) is 12.4 Å². The van der Waals surface area contributed by atoms with Gasteiger partial charge in [-0.15, -0.1) is 0 Å². The maximum atomic E-state index is 11.3. The minimum Gasteiger partial charge on any atom is -0.380 e.